The van der Waals surface area contributed by atoms with Gasteiger partial charge in [-0.3, -0.25) is 9.59 Å². The predicted molar refractivity (Wildman–Crippen MR) is 74.6 cm³/mol. The van der Waals surface area contributed by atoms with E-state index in [4.69, 9.17) is 20.0 Å². The molecule has 0 spiro atoms. The summed E-state index contributed by atoms with van der Waals surface area (Å²) in [6.07, 6.45) is 4.33. The highest BCUT2D eigenvalue weighted by Crippen LogP contribution is 2.15. The number of nitriles is 2. The minimum Gasteiger partial charge on any atom is -0.464 e. The maximum Gasteiger partial charge on any atom is 0.320 e. The van der Waals surface area contributed by atoms with Crippen LogP contribution in [0.5, 0.6) is 0 Å². The first kappa shape index (κ1) is 18.9. The van der Waals surface area contributed by atoms with Gasteiger partial charge in [0.1, 0.15) is 13.2 Å². The van der Waals surface area contributed by atoms with Gasteiger partial charge in [-0.15, -0.1) is 0 Å². The number of carbonyl (C=O) groups excluding carboxylic acids is 2. The van der Waals surface area contributed by atoms with Crippen LogP contribution in [0.2, 0.25) is 0 Å². The molecule has 0 saturated heterocycles. The van der Waals surface area contributed by atoms with Crippen molar-refractivity contribution in [1.82, 2.24) is 0 Å². The number of ether oxygens (including phenoxy) is 2. The quantitative estimate of drug-likeness (QED) is 0.329. The van der Waals surface area contributed by atoms with Crippen molar-refractivity contribution in [3.63, 3.8) is 0 Å². The topological polar surface area (TPSA) is 100 Å². The lowest BCUT2D eigenvalue weighted by atomic mass is 10.0. The van der Waals surface area contributed by atoms with Crippen LogP contribution in [0.25, 0.3) is 0 Å². The highest BCUT2D eigenvalue weighted by molar-refractivity contribution is 5.94. The zero-order valence-electron chi connectivity index (χ0n) is 12.5. The first-order valence-corrected chi connectivity index (χ1v) is 7.24. The van der Waals surface area contributed by atoms with Crippen molar-refractivity contribution in [3.8, 4) is 12.1 Å². The fourth-order valence-electron chi connectivity index (χ4n) is 1.70. The molecule has 0 aliphatic rings. The van der Waals surface area contributed by atoms with Gasteiger partial charge in [0, 0.05) is 0 Å². The van der Waals surface area contributed by atoms with Crippen LogP contribution in [-0.2, 0) is 19.1 Å². The summed E-state index contributed by atoms with van der Waals surface area (Å²) in [6, 6.07) is 3.73. The Bertz CT molecular complexity index is 363. The molecular weight excluding hydrogens is 272 g/mol. The number of esters is 2. The van der Waals surface area contributed by atoms with E-state index in [1.54, 1.807) is 0 Å². The highest BCUT2D eigenvalue weighted by Gasteiger charge is 2.29. The van der Waals surface area contributed by atoms with Gasteiger partial charge in [0.2, 0.25) is 0 Å². The largest absolute Gasteiger partial charge is 0.464 e. The van der Waals surface area contributed by atoms with Gasteiger partial charge in [0.25, 0.3) is 0 Å². The summed E-state index contributed by atoms with van der Waals surface area (Å²) in [5.74, 6) is -2.26. The molecule has 116 valence electrons. The fourth-order valence-corrected chi connectivity index (χ4v) is 1.70. The molecule has 0 aromatic rings. The molecule has 0 fully saturated rings. The Morgan fingerprint density at radius 1 is 0.952 bits per heavy atom. The Balaban J connectivity index is 4.38. The molecule has 21 heavy (non-hydrogen) atoms. The number of carbonyl (C=O) groups is 2. The van der Waals surface area contributed by atoms with Crippen LogP contribution >= 0.6 is 0 Å². The van der Waals surface area contributed by atoms with Crippen molar-refractivity contribution in [2.45, 2.75) is 51.9 Å². The van der Waals surface area contributed by atoms with E-state index >= 15 is 0 Å². The summed E-state index contributed by atoms with van der Waals surface area (Å²) >= 11 is 0. The molecular formula is C15H22N2O4. The van der Waals surface area contributed by atoms with Crippen LogP contribution in [0.3, 0.4) is 0 Å². The average Bonchev–Trinajstić information content (AvgIpc) is 2.47. The third kappa shape index (κ3) is 9.45. The smallest absolute Gasteiger partial charge is 0.320 e. The third-order valence-electron chi connectivity index (χ3n) is 2.83. The van der Waals surface area contributed by atoms with Crippen molar-refractivity contribution < 1.29 is 19.1 Å². The lowest BCUT2D eigenvalue weighted by Gasteiger charge is -2.14. The second kappa shape index (κ2) is 12.9. The van der Waals surface area contributed by atoms with E-state index in [1.165, 1.54) is 0 Å². The third-order valence-corrected chi connectivity index (χ3v) is 2.83. The van der Waals surface area contributed by atoms with Gasteiger partial charge in [-0.2, -0.15) is 10.5 Å². The van der Waals surface area contributed by atoms with E-state index in [1.807, 2.05) is 12.1 Å². The molecule has 6 nitrogen and oxygen atoms in total. The zero-order chi connectivity index (χ0) is 15.9. The van der Waals surface area contributed by atoms with Crippen LogP contribution in [0, 0.1) is 28.6 Å². The molecule has 0 amide bonds. The van der Waals surface area contributed by atoms with Gasteiger partial charge < -0.3 is 9.47 Å². The van der Waals surface area contributed by atoms with Crippen LogP contribution in [0.1, 0.15) is 51.9 Å². The SMILES string of the molecule is CCCCCCC(C(=O)OCCC#N)C(=O)OCCC#N. The molecule has 0 N–H and O–H groups in total. The Morgan fingerprint density at radius 3 is 1.90 bits per heavy atom. The standard InChI is InChI=1S/C15H22N2O4/c1-2-3-4-5-8-13(14(18)20-11-6-9-16)15(19)21-12-7-10-17/h13H,2-8,11-12H2,1H3. The van der Waals surface area contributed by atoms with Gasteiger partial charge in [0.05, 0.1) is 25.0 Å². The Kier molecular flexibility index (Phi) is 11.6. The number of unbranched alkanes of at least 4 members (excludes halogenated alkanes) is 3. The normalized spacial score (nSPS) is 9.71. The maximum atomic E-state index is 11.9. The second-order valence-corrected chi connectivity index (χ2v) is 4.55. The van der Waals surface area contributed by atoms with Crippen molar-refractivity contribution in [2.24, 2.45) is 5.92 Å². The lowest BCUT2D eigenvalue weighted by Crippen LogP contribution is -2.28. The van der Waals surface area contributed by atoms with Gasteiger partial charge in [-0.1, -0.05) is 32.6 Å². The molecule has 0 rings (SSSR count). The van der Waals surface area contributed by atoms with Crippen LogP contribution < -0.4 is 0 Å². The Labute approximate surface area is 125 Å². The first-order chi connectivity index (χ1) is 10.2. The van der Waals surface area contributed by atoms with Crippen molar-refractivity contribution in [2.75, 3.05) is 13.2 Å². The number of hydrogen-bond donors (Lipinski definition) is 0. The summed E-state index contributed by atoms with van der Waals surface area (Å²) in [5, 5.41) is 16.8. The van der Waals surface area contributed by atoms with Gasteiger partial charge in [-0.05, 0) is 6.42 Å². The van der Waals surface area contributed by atoms with E-state index in [2.05, 4.69) is 6.92 Å². The van der Waals surface area contributed by atoms with Crippen LogP contribution in [0.4, 0.5) is 0 Å². The lowest BCUT2D eigenvalue weighted by molar-refractivity contribution is -0.162. The Morgan fingerprint density at radius 2 is 1.48 bits per heavy atom. The molecule has 0 aliphatic carbocycles. The zero-order valence-corrected chi connectivity index (χ0v) is 12.5. The monoisotopic (exact) mass is 294 g/mol. The van der Waals surface area contributed by atoms with Gasteiger partial charge >= 0.3 is 11.9 Å². The summed E-state index contributed by atoms with van der Waals surface area (Å²) in [7, 11) is 0. The van der Waals surface area contributed by atoms with Crippen molar-refractivity contribution >= 4 is 11.9 Å². The minimum atomic E-state index is -0.959. The van der Waals surface area contributed by atoms with Crippen molar-refractivity contribution in [1.29, 1.82) is 10.5 Å². The number of rotatable bonds is 11. The van der Waals surface area contributed by atoms with E-state index < -0.39 is 17.9 Å². The maximum absolute atomic E-state index is 11.9. The average molecular weight is 294 g/mol. The van der Waals surface area contributed by atoms with E-state index in [9.17, 15) is 9.59 Å². The molecule has 0 aromatic heterocycles. The molecule has 0 saturated carbocycles. The van der Waals surface area contributed by atoms with E-state index in [-0.39, 0.29) is 26.1 Å². The summed E-state index contributed by atoms with van der Waals surface area (Å²) < 4.78 is 9.80. The predicted octanol–water partition coefficient (Wildman–Crippen LogP) is 2.49. The van der Waals surface area contributed by atoms with E-state index in [0.717, 1.165) is 25.7 Å². The number of nitrogens with zero attached hydrogens (tertiary/aromatic N) is 2. The molecule has 0 unspecified atom stereocenters. The Hall–Kier alpha value is -2.08. The summed E-state index contributed by atoms with van der Waals surface area (Å²) in [5.41, 5.74) is 0. The number of hydrogen-bond acceptors (Lipinski definition) is 6. The summed E-state index contributed by atoms with van der Waals surface area (Å²) in [6.45, 7) is 2.03. The summed E-state index contributed by atoms with van der Waals surface area (Å²) in [4.78, 5) is 23.7. The molecule has 0 heterocycles. The van der Waals surface area contributed by atoms with Crippen LogP contribution in [0.15, 0.2) is 0 Å². The molecule has 0 radical (unpaired) electrons. The van der Waals surface area contributed by atoms with Gasteiger partial charge in [0.15, 0.2) is 5.92 Å². The first-order valence-electron chi connectivity index (χ1n) is 7.24. The minimum absolute atomic E-state index is 0.0216. The molecule has 0 aliphatic heterocycles. The molecule has 0 bridgehead atoms. The van der Waals surface area contributed by atoms with Crippen molar-refractivity contribution in [3.05, 3.63) is 0 Å². The molecule has 6 heteroatoms. The van der Waals surface area contributed by atoms with E-state index in [0.29, 0.717) is 6.42 Å². The van der Waals surface area contributed by atoms with Gasteiger partial charge in [-0.25, -0.2) is 0 Å². The fraction of sp³-hybridized carbons (Fsp3) is 0.733. The molecule has 0 atom stereocenters. The molecule has 0 aromatic carbocycles. The highest BCUT2D eigenvalue weighted by atomic mass is 16.6. The van der Waals surface area contributed by atoms with Crippen LogP contribution in [-0.4, -0.2) is 25.2 Å². The second-order valence-electron chi connectivity index (χ2n) is 4.55.